The van der Waals surface area contributed by atoms with Gasteiger partial charge in [-0.2, -0.15) is 0 Å². The minimum Gasteiger partial charge on any atom is -0.356 e. The van der Waals surface area contributed by atoms with E-state index in [1.807, 2.05) is 31.3 Å². The van der Waals surface area contributed by atoms with Crippen molar-refractivity contribution in [2.75, 3.05) is 18.9 Å². The van der Waals surface area contributed by atoms with Crippen molar-refractivity contribution in [1.29, 1.82) is 0 Å². The molecule has 1 amide bonds. The Labute approximate surface area is 168 Å². The normalized spacial score (nSPS) is 16.5. The van der Waals surface area contributed by atoms with E-state index in [2.05, 4.69) is 32.0 Å². The SMILES string of the molecule is CN=C(NCc1cnc(C)s1)NCC1CC(=O)Nc2ccccc21.I. The molecule has 3 N–H and O–H groups in total. The maximum atomic E-state index is 11.9. The highest BCUT2D eigenvalue weighted by atomic mass is 127. The number of halogens is 1. The van der Waals surface area contributed by atoms with E-state index in [1.54, 1.807) is 18.4 Å². The van der Waals surface area contributed by atoms with Crippen molar-refractivity contribution >= 4 is 52.9 Å². The van der Waals surface area contributed by atoms with Crippen LogP contribution in [-0.2, 0) is 11.3 Å². The molecule has 0 fully saturated rings. The summed E-state index contributed by atoms with van der Waals surface area (Å²) in [7, 11) is 1.74. The average Bonchev–Trinajstić information content (AvgIpc) is 3.00. The van der Waals surface area contributed by atoms with Crippen molar-refractivity contribution in [3.63, 3.8) is 0 Å². The molecular weight excluding hydrogens is 449 g/mol. The van der Waals surface area contributed by atoms with Crippen LogP contribution in [0.25, 0.3) is 0 Å². The van der Waals surface area contributed by atoms with E-state index in [4.69, 9.17) is 0 Å². The van der Waals surface area contributed by atoms with Gasteiger partial charge in [0.2, 0.25) is 5.91 Å². The van der Waals surface area contributed by atoms with Gasteiger partial charge in [-0.15, -0.1) is 35.3 Å². The first-order chi connectivity index (χ1) is 11.7. The van der Waals surface area contributed by atoms with Gasteiger partial charge in [0.1, 0.15) is 0 Å². The molecule has 0 saturated heterocycles. The molecule has 1 aromatic carbocycles. The van der Waals surface area contributed by atoms with Crippen LogP contribution in [0.2, 0.25) is 0 Å². The Morgan fingerprint density at radius 3 is 2.92 bits per heavy atom. The summed E-state index contributed by atoms with van der Waals surface area (Å²) in [6.45, 7) is 3.34. The first-order valence-electron chi connectivity index (χ1n) is 7.90. The summed E-state index contributed by atoms with van der Waals surface area (Å²) in [6.07, 6.45) is 2.36. The zero-order valence-electron chi connectivity index (χ0n) is 14.2. The third kappa shape index (κ3) is 5.15. The Morgan fingerprint density at radius 2 is 2.20 bits per heavy atom. The van der Waals surface area contributed by atoms with Crippen molar-refractivity contribution in [2.24, 2.45) is 4.99 Å². The van der Waals surface area contributed by atoms with Crippen LogP contribution in [0.1, 0.15) is 27.8 Å². The number of anilines is 1. The molecule has 2 aromatic rings. The van der Waals surface area contributed by atoms with Crippen LogP contribution in [0.4, 0.5) is 5.69 Å². The highest BCUT2D eigenvalue weighted by Crippen LogP contribution is 2.31. The third-order valence-corrected chi connectivity index (χ3v) is 4.86. The summed E-state index contributed by atoms with van der Waals surface area (Å²) in [5.41, 5.74) is 2.07. The van der Waals surface area contributed by atoms with Crippen LogP contribution in [0, 0.1) is 6.92 Å². The second kappa shape index (κ2) is 9.14. The molecule has 0 aliphatic carbocycles. The number of carbonyl (C=O) groups is 1. The second-order valence-electron chi connectivity index (χ2n) is 5.69. The number of hydrogen-bond donors (Lipinski definition) is 3. The fourth-order valence-electron chi connectivity index (χ4n) is 2.78. The van der Waals surface area contributed by atoms with Crippen LogP contribution in [0.5, 0.6) is 0 Å². The molecule has 3 rings (SSSR count). The van der Waals surface area contributed by atoms with Gasteiger partial charge in [0.05, 0.1) is 11.6 Å². The topological polar surface area (TPSA) is 78.4 Å². The second-order valence-corrected chi connectivity index (χ2v) is 7.01. The number of aryl methyl sites for hydroxylation is 1. The van der Waals surface area contributed by atoms with Crippen molar-refractivity contribution < 1.29 is 4.79 Å². The predicted molar refractivity (Wildman–Crippen MR) is 113 cm³/mol. The number of carbonyl (C=O) groups excluding carboxylic acids is 1. The zero-order chi connectivity index (χ0) is 16.9. The maximum Gasteiger partial charge on any atom is 0.225 e. The predicted octanol–water partition coefficient (Wildman–Crippen LogP) is 2.86. The lowest BCUT2D eigenvalue weighted by Gasteiger charge is -2.26. The van der Waals surface area contributed by atoms with E-state index in [0.29, 0.717) is 19.5 Å². The first-order valence-corrected chi connectivity index (χ1v) is 8.72. The average molecular weight is 471 g/mol. The number of nitrogens with zero attached hydrogens (tertiary/aromatic N) is 2. The van der Waals surface area contributed by atoms with E-state index < -0.39 is 0 Å². The van der Waals surface area contributed by atoms with Crippen LogP contribution in [-0.4, -0.2) is 30.4 Å². The smallest absolute Gasteiger partial charge is 0.225 e. The fraction of sp³-hybridized carbons (Fsp3) is 0.353. The van der Waals surface area contributed by atoms with Gasteiger partial charge in [-0.1, -0.05) is 18.2 Å². The number of benzene rings is 1. The number of fused-ring (bicyclic) bond motifs is 1. The van der Waals surface area contributed by atoms with Crippen LogP contribution in [0.3, 0.4) is 0 Å². The summed E-state index contributed by atoms with van der Waals surface area (Å²) in [5.74, 6) is 0.923. The standard InChI is InChI=1S/C17H21N5OS.HI/c1-11-19-9-13(24-11)10-21-17(18-2)20-8-12-7-16(23)22-15-6-4-3-5-14(12)15;/h3-6,9,12H,7-8,10H2,1-2H3,(H,22,23)(H2,18,20,21);1H. The van der Waals surface area contributed by atoms with Gasteiger partial charge in [0, 0.05) is 42.7 Å². The molecule has 25 heavy (non-hydrogen) atoms. The number of aromatic nitrogens is 1. The van der Waals surface area contributed by atoms with Crippen molar-refractivity contribution in [3.05, 3.63) is 45.9 Å². The largest absolute Gasteiger partial charge is 0.356 e. The molecule has 1 aliphatic rings. The Bertz CT molecular complexity index is 761. The zero-order valence-corrected chi connectivity index (χ0v) is 17.4. The number of amides is 1. The molecule has 1 unspecified atom stereocenters. The van der Waals surface area contributed by atoms with Crippen molar-refractivity contribution in [1.82, 2.24) is 15.6 Å². The molecule has 0 radical (unpaired) electrons. The number of para-hydroxylation sites is 1. The Hall–Kier alpha value is -1.68. The number of guanidine groups is 1. The highest BCUT2D eigenvalue weighted by molar-refractivity contribution is 14.0. The molecule has 0 spiro atoms. The molecule has 1 atom stereocenters. The van der Waals surface area contributed by atoms with E-state index in [-0.39, 0.29) is 35.8 Å². The van der Waals surface area contributed by atoms with Crippen LogP contribution >= 0.6 is 35.3 Å². The Balaban J connectivity index is 0.00000225. The lowest BCUT2D eigenvalue weighted by molar-refractivity contribution is -0.116. The van der Waals surface area contributed by atoms with Crippen molar-refractivity contribution in [2.45, 2.75) is 25.8 Å². The minimum atomic E-state index is 0. The molecule has 134 valence electrons. The van der Waals surface area contributed by atoms with Gasteiger partial charge in [-0.3, -0.25) is 9.79 Å². The number of aliphatic imine (C=N–C) groups is 1. The van der Waals surface area contributed by atoms with E-state index in [0.717, 1.165) is 27.1 Å². The highest BCUT2D eigenvalue weighted by Gasteiger charge is 2.24. The number of rotatable bonds is 4. The number of hydrogen-bond acceptors (Lipinski definition) is 4. The van der Waals surface area contributed by atoms with Gasteiger partial charge in [0.15, 0.2) is 5.96 Å². The summed E-state index contributed by atoms with van der Waals surface area (Å²) >= 11 is 1.67. The van der Waals surface area contributed by atoms with Gasteiger partial charge >= 0.3 is 0 Å². The van der Waals surface area contributed by atoms with Crippen LogP contribution in [0.15, 0.2) is 35.5 Å². The lowest BCUT2D eigenvalue weighted by atomic mass is 9.90. The van der Waals surface area contributed by atoms with Gasteiger partial charge in [-0.05, 0) is 18.6 Å². The van der Waals surface area contributed by atoms with Gasteiger partial charge in [0.25, 0.3) is 0 Å². The number of thiazole rings is 1. The van der Waals surface area contributed by atoms with E-state index in [1.165, 1.54) is 0 Å². The quantitative estimate of drug-likeness (QED) is 0.364. The molecule has 0 saturated carbocycles. The summed E-state index contributed by atoms with van der Waals surface area (Å²) < 4.78 is 0. The Kier molecular flexibility index (Phi) is 7.18. The third-order valence-electron chi connectivity index (χ3n) is 3.95. The summed E-state index contributed by atoms with van der Waals surface area (Å²) in [4.78, 5) is 21.5. The molecular formula is C17H22IN5OS. The maximum absolute atomic E-state index is 11.9. The monoisotopic (exact) mass is 471 g/mol. The molecule has 0 bridgehead atoms. The fourth-order valence-corrected chi connectivity index (χ4v) is 3.52. The van der Waals surface area contributed by atoms with Gasteiger partial charge in [-0.25, -0.2) is 4.98 Å². The molecule has 1 aliphatic heterocycles. The summed E-state index contributed by atoms with van der Waals surface area (Å²) in [5, 5.41) is 10.6. The van der Waals surface area contributed by atoms with E-state index in [9.17, 15) is 4.79 Å². The molecule has 1 aromatic heterocycles. The van der Waals surface area contributed by atoms with Crippen LogP contribution < -0.4 is 16.0 Å². The van der Waals surface area contributed by atoms with E-state index >= 15 is 0 Å². The number of nitrogens with one attached hydrogen (secondary N) is 3. The first kappa shape index (κ1) is 19.6. The van der Waals surface area contributed by atoms with Crippen molar-refractivity contribution in [3.8, 4) is 0 Å². The molecule has 8 heteroatoms. The summed E-state index contributed by atoms with van der Waals surface area (Å²) in [6, 6.07) is 7.95. The lowest BCUT2D eigenvalue weighted by Crippen LogP contribution is -2.40. The Morgan fingerprint density at radius 1 is 1.40 bits per heavy atom. The van der Waals surface area contributed by atoms with Gasteiger partial charge < -0.3 is 16.0 Å². The minimum absolute atomic E-state index is 0. The molecule has 2 heterocycles. The molecule has 6 nitrogen and oxygen atoms in total.